The van der Waals surface area contributed by atoms with Crippen LogP contribution >= 0.6 is 0 Å². The van der Waals surface area contributed by atoms with Crippen molar-refractivity contribution in [2.24, 2.45) is 5.92 Å². The number of aliphatic carboxylic acids is 1. The van der Waals surface area contributed by atoms with Crippen molar-refractivity contribution in [3.8, 4) is 0 Å². The second kappa shape index (κ2) is 6.57. The summed E-state index contributed by atoms with van der Waals surface area (Å²) >= 11 is 0. The number of alkyl halides is 3. The van der Waals surface area contributed by atoms with Gasteiger partial charge in [0.25, 0.3) is 0 Å². The van der Waals surface area contributed by atoms with E-state index in [-0.39, 0.29) is 12.0 Å². The van der Waals surface area contributed by atoms with Gasteiger partial charge in [0, 0.05) is 12.0 Å². The Morgan fingerprint density at radius 3 is 2.40 bits per heavy atom. The first-order valence-corrected chi connectivity index (χ1v) is 7.78. The minimum absolute atomic E-state index is 0.134. The Labute approximate surface area is 143 Å². The topological polar surface area (TPSA) is 75.6 Å². The molecule has 0 aliphatic heterocycles. The SMILES string of the molecule is CC(C)(C)OC(=O)NC1CC(C(=O)O)C1c1cccc(C(F)(F)F)c1. The summed E-state index contributed by atoms with van der Waals surface area (Å²) in [4.78, 5) is 23.2. The number of ether oxygens (including phenoxy) is 1. The van der Waals surface area contributed by atoms with E-state index in [2.05, 4.69) is 5.32 Å². The van der Waals surface area contributed by atoms with Crippen molar-refractivity contribution in [3.05, 3.63) is 35.4 Å². The molecule has 1 fully saturated rings. The van der Waals surface area contributed by atoms with E-state index in [0.717, 1.165) is 12.1 Å². The summed E-state index contributed by atoms with van der Waals surface area (Å²) in [5, 5.41) is 11.8. The number of amides is 1. The highest BCUT2D eigenvalue weighted by Gasteiger charge is 2.48. The molecule has 138 valence electrons. The lowest BCUT2D eigenvalue weighted by atomic mass is 9.65. The number of hydrogen-bond acceptors (Lipinski definition) is 3. The van der Waals surface area contributed by atoms with E-state index in [1.54, 1.807) is 20.8 Å². The second-order valence-corrected chi connectivity index (χ2v) is 7.08. The number of benzene rings is 1. The molecule has 0 heterocycles. The van der Waals surface area contributed by atoms with Crippen LogP contribution in [-0.4, -0.2) is 28.8 Å². The molecular formula is C17H20F3NO4. The molecule has 0 radical (unpaired) electrons. The average Bonchev–Trinajstić information content (AvgIpc) is 2.40. The van der Waals surface area contributed by atoms with E-state index in [4.69, 9.17) is 4.74 Å². The minimum Gasteiger partial charge on any atom is -0.481 e. The molecule has 3 unspecified atom stereocenters. The van der Waals surface area contributed by atoms with E-state index in [1.807, 2.05) is 0 Å². The highest BCUT2D eigenvalue weighted by Crippen LogP contribution is 2.44. The van der Waals surface area contributed by atoms with Gasteiger partial charge in [0.1, 0.15) is 5.60 Å². The van der Waals surface area contributed by atoms with Gasteiger partial charge in [0.2, 0.25) is 0 Å². The number of nitrogens with one attached hydrogen (secondary N) is 1. The largest absolute Gasteiger partial charge is 0.481 e. The molecule has 1 amide bonds. The molecule has 5 nitrogen and oxygen atoms in total. The number of carbonyl (C=O) groups is 2. The Kier molecular flexibility index (Phi) is 5.02. The minimum atomic E-state index is -4.52. The Balaban J connectivity index is 2.22. The van der Waals surface area contributed by atoms with Crippen molar-refractivity contribution in [1.29, 1.82) is 0 Å². The lowest BCUT2D eigenvalue weighted by molar-refractivity contribution is -0.146. The molecule has 3 atom stereocenters. The van der Waals surface area contributed by atoms with Gasteiger partial charge in [-0.05, 0) is 38.8 Å². The van der Waals surface area contributed by atoms with Gasteiger partial charge in [0.05, 0.1) is 11.5 Å². The number of carbonyl (C=O) groups excluding carboxylic acids is 1. The van der Waals surface area contributed by atoms with Crippen molar-refractivity contribution in [3.63, 3.8) is 0 Å². The lowest BCUT2D eigenvalue weighted by Gasteiger charge is -2.43. The molecule has 1 aliphatic carbocycles. The molecule has 25 heavy (non-hydrogen) atoms. The summed E-state index contributed by atoms with van der Waals surface area (Å²) in [5.41, 5.74) is -1.35. The molecule has 2 rings (SSSR count). The fourth-order valence-electron chi connectivity index (χ4n) is 2.90. The molecule has 1 aromatic carbocycles. The maximum atomic E-state index is 12.9. The van der Waals surface area contributed by atoms with Crippen LogP contribution in [0, 0.1) is 5.92 Å². The van der Waals surface area contributed by atoms with Gasteiger partial charge < -0.3 is 15.2 Å². The summed E-state index contributed by atoms with van der Waals surface area (Å²) < 4.78 is 43.8. The third-order valence-corrected chi connectivity index (χ3v) is 3.99. The number of alkyl carbamates (subject to hydrolysis) is 1. The van der Waals surface area contributed by atoms with Crippen LogP contribution in [0.3, 0.4) is 0 Å². The van der Waals surface area contributed by atoms with Crippen LogP contribution < -0.4 is 5.32 Å². The van der Waals surface area contributed by atoms with Gasteiger partial charge >= 0.3 is 18.2 Å². The summed E-state index contributed by atoms with van der Waals surface area (Å²) in [6, 6.07) is 3.94. The fourth-order valence-corrected chi connectivity index (χ4v) is 2.90. The van der Waals surface area contributed by atoms with E-state index >= 15 is 0 Å². The molecular weight excluding hydrogens is 339 g/mol. The summed E-state index contributed by atoms with van der Waals surface area (Å²) in [7, 11) is 0. The number of hydrogen-bond donors (Lipinski definition) is 2. The highest BCUT2D eigenvalue weighted by molar-refractivity contribution is 5.75. The lowest BCUT2D eigenvalue weighted by Crippen LogP contribution is -2.54. The standard InChI is InChI=1S/C17H20F3NO4/c1-16(2,3)25-15(24)21-12-8-11(14(22)23)13(12)9-5-4-6-10(7-9)17(18,19)20/h4-7,11-13H,8H2,1-3H3,(H,21,24)(H,22,23). The first-order chi connectivity index (χ1) is 11.4. The second-order valence-electron chi connectivity index (χ2n) is 7.08. The zero-order valence-electron chi connectivity index (χ0n) is 14.1. The van der Waals surface area contributed by atoms with Crippen molar-refractivity contribution >= 4 is 12.1 Å². The number of rotatable bonds is 3. The van der Waals surface area contributed by atoms with Crippen LogP contribution in [0.4, 0.5) is 18.0 Å². The van der Waals surface area contributed by atoms with Crippen LogP contribution in [0.5, 0.6) is 0 Å². The van der Waals surface area contributed by atoms with Gasteiger partial charge in [-0.1, -0.05) is 18.2 Å². The molecule has 0 spiro atoms. The summed E-state index contributed by atoms with van der Waals surface area (Å²) in [5.74, 6) is -2.71. The molecule has 1 aromatic rings. The van der Waals surface area contributed by atoms with Crippen molar-refractivity contribution < 1.29 is 32.6 Å². The maximum absolute atomic E-state index is 12.9. The molecule has 1 aliphatic rings. The normalized spacial score (nSPS) is 23.5. The van der Waals surface area contributed by atoms with Crippen LogP contribution in [0.25, 0.3) is 0 Å². The zero-order valence-corrected chi connectivity index (χ0v) is 14.1. The van der Waals surface area contributed by atoms with Crippen LogP contribution in [0.2, 0.25) is 0 Å². The van der Waals surface area contributed by atoms with Crippen LogP contribution in [0.15, 0.2) is 24.3 Å². The Bertz CT molecular complexity index is 667. The first-order valence-electron chi connectivity index (χ1n) is 7.78. The maximum Gasteiger partial charge on any atom is 0.416 e. The smallest absolute Gasteiger partial charge is 0.416 e. The van der Waals surface area contributed by atoms with E-state index < -0.39 is 47.3 Å². The monoisotopic (exact) mass is 359 g/mol. The molecule has 1 saturated carbocycles. The molecule has 0 saturated heterocycles. The molecule has 0 bridgehead atoms. The fraction of sp³-hybridized carbons (Fsp3) is 0.529. The Morgan fingerprint density at radius 2 is 1.88 bits per heavy atom. The van der Waals surface area contributed by atoms with Crippen molar-refractivity contribution in [2.45, 2.75) is 50.9 Å². The number of carboxylic acids is 1. The predicted molar refractivity (Wildman–Crippen MR) is 83.1 cm³/mol. The molecule has 8 heteroatoms. The third kappa shape index (κ3) is 4.64. The summed E-state index contributed by atoms with van der Waals surface area (Å²) in [6.07, 6.45) is -5.11. The third-order valence-electron chi connectivity index (χ3n) is 3.99. The van der Waals surface area contributed by atoms with E-state index in [1.165, 1.54) is 12.1 Å². The van der Waals surface area contributed by atoms with Crippen molar-refractivity contribution in [1.82, 2.24) is 5.32 Å². The highest BCUT2D eigenvalue weighted by atomic mass is 19.4. The summed E-state index contributed by atoms with van der Waals surface area (Å²) in [6.45, 7) is 5.03. The predicted octanol–water partition coefficient (Wildman–Crippen LogP) is 3.79. The number of carboxylic acid groups (broad SMARTS) is 1. The van der Waals surface area contributed by atoms with E-state index in [9.17, 15) is 27.9 Å². The van der Waals surface area contributed by atoms with Gasteiger partial charge in [-0.15, -0.1) is 0 Å². The first kappa shape index (κ1) is 19.1. The van der Waals surface area contributed by atoms with Crippen LogP contribution in [-0.2, 0) is 15.7 Å². The van der Waals surface area contributed by atoms with E-state index in [0.29, 0.717) is 0 Å². The van der Waals surface area contributed by atoms with Gasteiger partial charge in [-0.25, -0.2) is 4.79 Å². The van der Waals surface area contributed by atoms with Crippen LogP contribution in [0.1, 0.15) is 44.2 Å². The van der Waals surface area contributed by atoms with Gasteiger partial charge in [-0.2, -0.15) is 13.2 Å². The Morgan fingerprint density at radius 1 is 1.24 bits per heavy atom. The van der Waals surface area contributed by atoms with Crippen molar-refractivity contribution in [2.75, 3.05) is 0 Å². The molecule has 2 N–H and O–H groups in total. The molecule has 0 aromatic heterocycles. The Hall–Kier alpha value is -2.25. The quantitative estimate of drug-likeness (QED) is 0.861. The number of halogens is 3. The van der Waals surface area contributed by atoms with Gasteiger partial charge in [-0.3, -0.25) is 4.79 Å². The zero-order chi connectivity index (χ0) is 19.0. The average molecular weight is 359 g/mol. The van der Waals surface area contributed by atoms with Gasteiger partial charge in [0.15, 0.2) is 0 Å².